The smallest absolute Gasteiger partial charge is 0.239 e. The monoisotopic (exact) mass is 268 g/mol. The second-order valence-corrected chi connectivity index (χ2v) is 6.14. The van der Waals surface area contributed by atoms with Crippen LogP contribution in [0, 0.1) is 5.92 Å². The Bertz CT molecular complexity index is 265. The maximum atomic E-state index is 12.7. The zero-order valence-electron chi connectivity index (χ0n) is 13.2. The molecule has 3 heteroatoms. The van der Waals surface area contributed by atoms with E-state index in [1.165, 1.54) is 25.7 Å². The Kier molecular flexibility index (Phi) is 7.44. The Balaban J connectivity index is 2.54. The van der Waals surface area contributed by atoms with E-state index in [0.717, 1.165) is 31.8 Å². The van der Waals surface area contributed by atoms with Gasteiger partial charge in [0.2, 0.25) is 5.91 Å². The highest BCUT2D eigenvalue weighted by Crippen LogP contribution is 2.21. The van der Waals surface area contributed by atoms with Crippen LogP contribution in [-0.2, 0) is 4.79 Å². The highest BCUT2D eigenvalue weighted by atomic mass is 16.2. The van der Waals surface area contributed by atoms with E-state index in [0.29, 0.717) is 11.9 Å². The zero-order valence-corrected chi connectivity index (χ0v) is 13.2. The van der Waals surface area contributed by atoms with Crippen molar-refractivity contribution in [2.24, 2.45) is 5.92 Å². The van der Waals surface area contributed by atoms with Gasteiger partial charge in [-0.1, -0.05) is 33.1 Å². The molecule has 112 valence electrons. The minimum absolute atomic E-state index is 0.0581. The first-order chi connectivity index (χ1) is 9.10. The topological polar surface area (TPSA) is 32.3 Å². The molecule has 1 heterocycles. The van der Waals surface area contributed by atoms with Crippen LogP contribution in [0.3, 0.4) is 0 Å². The maximum Gasteiger partial charge on any atom is 0.239 e. The van der Waals surface area contributed by atoms with Crippen molar-refractivity contribution >= 4 is 5.91 Å². The Hall–Kier alpha value is -0.570. The van der Waals surface area contributed by atoms with Crippen molar-refractivity contribution in [3.63, 3.8) is 0 Å². The third-order valence-corrected chi connectivity index (χ3v) is 4.30. The number of unbranched alkanes of at least 4 members (excludes halogenated alkanes) is 2. The highest BCUT2D eigenvalue weighted by Gasteiger charge is 2.30. The molecule has 2 unspecified atom stereocenters. The summed E-state index contributed by atoms with van der Waals surface area (Å²) in [5.41, 5.74) is 0. The van der Waals surface area contributed by atoms with Crippen LogP contribution in [0.1, 0.15) is 66.2 Å². The molecular weight excluding hydrogens is 236 g/mol. The fourth-order valence-corrected chi connectivity index (χ4v) is 2.91. The Labute approximate surface area is 119 Å². The molecule has 19 heavy (non-hydrogen) atoms. The van der Waals surface area contributed by atoms with Crippen LogP contribution >= 0.6 is 0 Å². The van der Waals surface area contributed by atoms with Gasteiger partial charge in [-0.15, -0.1) is 0 Å². The number of nitrogens with one attached hydrogen (secondary N) is 1. The van der Waals surface area contributed by atoms with Crippen LogP contribution in [0.4, 0.5) is 0 Å². The van der Waals surface area contributed by atoms with E-state index >= 15 is 0 Å². The number of amides is 1. The standard InChI is InChI=1S/C16H32N2O/c1-5-7-8-11-18(13(3)4)16(19)15-12-14(6-2)9-10-17-15/h13-15,17H,5-12H2,1-4H3. The normalized spacial score (nSPS) is 23.6. The Morgan fingerprint density at radius 2 is 2.05 bits per heavy atom. The first-order valence-corrected chi connectivity index (χ1v) is 8.13. The molecule has 1 N–H and O–H groups in total. The number of rotatable bonds is 7. The molecule has 0 aromatic carbocycles. The lowest BCUT2D eigenvalue weighted by atomic mass is 9.89. The van der Waals surface area contributed by atoms with E-state index in [4.69, 9.17) is 0 Å². The molecule has 0 aromatic rings. The van der Waals surface area contributed by atoms with Crippen LogP contribution in [0.15, 0.2) is 0 Å². The SMILES string of the molecule is CCCCCN(C(=O)C1CC(CC)CCN1)C(C)C. The van der Waals surface area contributed by atoms with Crippen LogP contribution in [0.2, 0.25) is 0 Å². The summed E-state index contributed by atoms with van der Waals surface area (Å²) in [6, 6.07) is 0.371. The van der Waals surface area contributed by atoms with Gasteiger partial charge in [-0.05, 0) is 45.6 Å². The molecule has 1 saturated heterocycles. The van der Waals surface area contributed by atoms with Crippen molar-refractivity contribution in [3.8, 4) is 0 Å². The van der Waals surface area contributed by atoms with Crippen LogP contribution in [-0.4, -0.2) is 36.0 Å². The zero-order chi connectivity index (χ0) is 14.3. The molecular formula is C16H32N2O. The summed E-state index contributed by atoms with van der Waals surface area (Å²) in [6.07, 6.45) is 6.99. The second-order valence-electron chi connectivity index (χ2n) is 6.14. The van der Waals surface area contributed by atoms with Gasteiger partial charge in [-0.25, -0.2) is 0 Å². The number of hydrogen-bond donors (Lipinski definition) is 1. The highest BCUT2D eigenvalue weighted by molar-refractivity contribution is 5.82. The van der Waals surface area contributed by atoms with Crippen molar-refractivity contribution in [2.75, 3.05) is 13.1 Å². The lowest BCUT2D eigenvalue weighted by Gasteiger charge is -2.35. The van der Waals surface area contributed by atoms with Crippen molar-refractivity contribution in [1.29, 1.82) is 0 Å². The average Bonchev–Trinajstić information content (AvgIpc) is 2.42. The minimum Gasteiger partial charge on any atom is -0.339 e. The van der Waals surface area contributed by atoms with Gasteiger partial charge < -0.3 is 10.2 Å². The third-order valence-electron chi connectivity index (χ3n) is 4.30. The van der Waals surface area contributed by atoms with Crippen LogP contribution in [0.25, 0.3) is 0 Å². The van der Waals surface area contributed by atoms with Crippen LogP contribution < -0.4 is 5.32 Å². The van der Waals surface area contributed by atoms with E-state index in [2.05, 4.69) is 37.9 Å². The van der Waals surface area contributed by atoms with Crippen molar-refractivity contribution in [3.05, 3.63) is 0 Å². The lowest BCUT2D eigenvalue weighted by molar-refractivity contribution is -0.136. The number of carbonyl (C=O) groups is 1. The first kappa shape index (κ1) is 16.5. The molecule has 1 fully saturated rings. The largest absolute Gasteiger partial charge is 0.339 e. The van der Waals surface area contributed by atoms with E-state index in [1.54, 1.807) is 0 Å². The summed E-state index contributed by atoms with van der Waals surface area (Å²) >= 11 is 0. The summed E-state index contributed by atoms with van der Waals surface area (Å²) in [4.78, 5) is 14.7. The Morgan fingerprint density at radius 3 is 2.63 bits per heavy atom. The fraction of sp³-hybridized carbons (Fsp3) is 0.938. The molecule has 0 aliphatic carbocycles. The molecule has 0 spiro atoms. The molecule has 0 radical (unpaired) electrons. The molecule has 1 aliphatic rings. The van der Waals surface area contributed by atoms with Gasteiger partial charge in [0.1, 0.15) is 0 Å². The van der Waals surface area contributed by atoms with Gasteiger partial charge in [0.15, 0.2) is 0 Å². The predicted molar refractivity (Wildman–Crippen MR) is 81.2 cm³/mol. The molecule has 0 bridgehead atoms. The van der Waals surface area contributed by atoms with Gasteiger partial charge in [0, 0.05) is 12.6 Å². The first-order valence-electron chi connectivity index (χ1n) is 8.13. The fourth-order valence-electron chi connectivity index (χ4n) is 2.91. The van der Waals surface area contributed by atoms with Gasteiger partial charge in [-0.2, -0.15) is 0 Å². The van der Waals surface area contributed by atoms with Crippen molar-refractivity contribution < 1.29 is 4.79 Å². The number of nitrogens with zero attached hydrogens (tertiary/aromatic N) is 1. The van der Waals surface area contributed by atoms with Crippen LogP contribution in [0.5, 0.6) is 0 Å². The molecule has 1 rings (SSSR count). The van der Waals surface area contributed by atoms with Crippen molar-refractivity contribution in [1.82, 2.24) is 10.2 Å². The van der Waals surface area contributed by atoms with E-state index in [-0.39, 0.29) is 6.04 Å². The maximum absolute atomic E-state index is 12.7. The molecule has 1 amide bonds. The van der Waals surface area contributed by atoms with Gasteiger partial charge in [-0.3, -0.25) is 4.79 Å². The van der Waals surface area contributed by atoms with E-state index < -0.39 is 0 Å². The van der Waals surface area contributed by atoms with Gasteiger partial charge in [0.25, 0.3) is 0 Å². The van der Waals surface area contributed by atoms with Crippen molar-refractivity contribution in [2.45, 2.75) is 78.3 Å². The van der Waals surface area contributed by atoms with E-state index in [1.807, 2.05) is 0 Å². The number of piperidine rings is 1. The summed E-state index contributed by atoms with van der Waals surface area (Å²) < 4.78 is 0. The molecule has 0 saturated carbocycles. The molecule has 3 nitrogen and oxygen atoms in total. The summed E-state index contributed by atoms with van der Waals surface area (Å²) in [5, 5.41) is 3.42. The minimum atomic E-state index is 0.0581. The number of hydrogen-bond acceptors (Lipinski definition) is 2. The molecule has 1 aliphatic heterocycles. The second kappa shape index (κ2) is 8.57. The summed E-state index contributed by atoms with van der Waals surface area (Å²) in [5.74, 6) is 1.05. The van der Waals surface area contributed by atoms with Gasteiger partial charge in [0.05, 0.1) is 6.04 Å². The lowest BCUT2D eigenvalue weighted by Crippen LogP contribution is -2.52. The molecule has 2 atom stereocenters. The Morgan fingerprint density at radius 1 is 1.32 bits per heavy atom. The number of carbonyl (C=O) groups excluding carboxylic acids is 1. The molecule has 0 aromatic heterocycles. The third kappa shape index (κ3) is 5.13. The summed E-state index contributed by atoms with van der Waals surface area (Å²) in [7, 11) is 0. The van der Waals surface area contributed by atoms with E-state index in [9.17, 15) is 4.79 Å². The quantitative estimate of drug-likeness (QED) is 0.719. The average molecular weight is 268 g/mol. The predicted octanol–water partition coefficient (Wildman–Crippen LogP) is 3.19. The summed E-state index contributed by atoms with van der Waals surface area (Å²) in [6.45, 7) is 10.6. The van der Waals surface area contributed by atoms with Gasteiger partial charge >= 0.3 is 0 Å².